The number of amides is 1. The molecule has 3 heteroatoms. The highest BCUT2D eigenvalue weighted by atomic mass is 16.2. The molecule has 0 saturated heterocycles. The number of nitrogens with two attached hydrogens (primary N) is 1. The molecule has 2 rings (SSSR count). The highest BCUT2D eigenvalue weighted by molar-refractivity contribution is 5.92. The molecule has 0 bridgehead atoms. The number of hydrogen-bond donors (Lipinski definition) is 1. The van der Waals surface area contributed by atoms with Crippen molar-refractivity contribution in [2.24, 2.45) is 5.73 Å². The largest absolute Gasteiger partial charge is 0.336 e. The fraction of sp³-hybridized carbons (Fsp3) is 0.471. The van der Waals surface area contributed by atoms with E-state index in [1.54, 1.807) is 6.08 Å². The second kappa shape index (κ2) is 7.25. The molecule has 0 radical (unpaired) electrons. The van der Waals surface area contributed by atoms with Crippen LogP contribution in [0.1, 0.15) is 38.2 Å². The number of likely N-dealkylation sites (N-methyl/N-ethyl adjacent to an activating group) is 1. The molecular weight excluding hydrogens is 248 g/mol. The third-order valence-corrected chi connectivity index (χ3v) is 4.02. The minimum Gasteiger partial charge on any atom is -0.336 e. The Morgan fingerprint density at radius 3 is 2.50 bits per heavy atom. The Kier molecular flexibility index (Phi) is 5.36. The fourth-order valence-corrected chi connectivity index (χ4v) is 2.83. The first kappa shape index (κ1) is 14.8. The van der Waals surface area contributed by atoms with E-state index < -0.39 is 0 Å². The van der Waals surface area contributed by atoms with Crippen LogP contribution < -0.4 is 5.73 Å². The maximum Gasteiger partial charge on any atom is 0.246 e. The van der Waals surface area contributed by atoms with Crippen molar-refractivity contribution in [1.29, 1.82) is 0 Å². The maximum absolute atomic E-state index is 12.3. The van der Waals surface area contributed by atoms with Gasteiger partial charge in [-0.05, 0) is 44.2 Å². The highest BCUT2D eigenvalue weighted by Gasteiger charge is 2.25. The molecule has 0 atom stereocenters. The molecule has 1 fully saturated rings. The van der Waals surface area contributed by atoms with E-state index in [4.69, 9.17) is 5.73 Å². The van der Waals surface area contributed by atoms with Crippen LogP contribution >= 0.6 is 0 Å². The van der Waals surface area contributed by atoms with Gasteiger partial charge in [-0.15, -0.1) is 0 Å². The van der Waals surface area contributed by atoms with Crippen molar-refractivity contribution in [3.05, 3.63) is 42.0 Å². The third kappa shape index (κ3) is 3.94. The van der Waals surface area contributed by atoms with Gasteiger partial charge in [-0.3, -0.25) is 4.79 Å². The van der Waals surface area contributed by atoms with Gasteiger partial charge in [0.1, 0.15) is 0 Å². The molecule has 0 aromatic heterocycles. The van der Waals surface area contributed by atoms with Gasteiger partial charge in [0.15, 0.2) is 0 Å². The predicted molar refractivity (Wildman–Crippen MR) is 83.1 cm³/mol. The first-order chi connectivity index (χ1) is 9.70. The van der Waals surface area contributed by atoms with Crippen molar-refractivity contribution >= 4 is 12.0 Å². The van der Waals surface area contributed by atoms with Crippen molar-refractivity contribution < 1.29 is 4.79 Å². The number of benzene rings is 1. The molecule has 1 saturated carbocycles. The summed E-state index contributed by atoms with van der Waals surface area (Å²) in [6.45, 7) is 2.81. The molecule has 0 aliphatic heterocycles. The number of hydrogen-bond acceptors (Lipinski definition) is 2. The SMILES string of the molecule is CCN(C(=O)C=Cc1ccccc1)C1CCC(N)CC1. The van der Waals surface area contributed by atoms with Gasteiger partial charge < -0.3 is 10.6 Å². The zero-order valence-corrected chi connectivity index (χ0v) is 12.2. The summed E-state index contributed by atoms with van der Waals surface area (Å²) in [7, 11) is 0. The van der Waals surface area contributed by atoms with Crippen LogP contribution in [0.25, 0.3) is 6.08 Å². The quantitative estimate of drug-likeness (QED) is 0.857. The molecule has 0 unspecified atom stereocenters. The van der Waals surface area contributed by atoms with E-state index in [1.165, 1.54) is 0 Å². The van der Waals surface area contributed by atoms with Gasteiger partial charge in [-0.25, -0.2) is 0 Å². The molecule has 3 nitrogen and oxygen atoms in total. The van der Waals surface area contributed by atoms with Crippen LogP contribution in [0.5, 0.6) is 0 Å². The lowest BCUT2D eigenvalue weighted by Crippen LogP contribution is -2.43. The highest BCUT2D eigenvalue weighted by Crippen LogP contribution is 2.22. The lowest BCUT2D eigenvalue weighted by Gasteiger charge is -2.34. The van der Waals surface area contributed by atoms with Gasteiger partial charge in [0.25, 0.3) is 0 Å². The molecule has 1 aromatic rings. The lowest BCUT2D eigenvalue weighted by atomic mass is 9.90. The van der Waals surface area contributed by atoms with Gasteiger partial charge in [0.05, 0.1) is 0 Å². The topological polar surface area (TPSA) is 46.3 Å². The monoisotopic (exact) mass is 272 g/mol. The first-order valence-electron chi connectivity index (χ1n) is 7.50. The smallest absolute Gasteiger partial charge is 0.246 e. The summed E-state index contributed by atoms with van der Waals surface area (Å²) in [5.74, 6) is 0.108. The van der Waals surface area contributed by atoms with Crippen LogP contribution in [0, 0.1) is 0 Å². The second-order valence-electron chi connectivity index (χ2n) is 5.44. The zero-order chi connectivity index (χ0) is 14.4. The molecule has 1 aliphatic carbocycles. The minimum atomic E-state index is 0.108. The molecule has 2 N–H and O–H groups in total. The number of nitrogens with zero attached hydrogens (tertiary/aromatic N) is 1. The van der Waals surface area contributed by atoms with Gasteiger partial charge in [0.2, 0.25) is 5.91 Å². The van der Waals surface area contributed by atoms with Gasteiger partial charge >= 0.3 is 0 Å². The van der Waals surface area contributed by atoms with Crippen molar-refractivity contribution in [1.82, 2.24) is 4.90 Å². The van der Waals surface area contributed by atoms with Crippen LogP contribution in [0.15, 0.2) is 36.4 Å². The predicted octanol–water partition coefficient (Wildman–Crippen LogP) is 2.82. The Balaban J connectivity index is 1.97. The normalized spacial score (nSPS) is 22.9. The number of rotatable bonds is 4. The third-order valence-electron chi connectivity index (χ3n) is 4.02. The van der Waals surface area contributed by atoms with Crippen molar-refractivity contribution in [2.75, 3.05) is 6.54 Å². The summed E-state index contributed by atoms with van der Waals surface area (Å²) in [5.41, 5.74) is 6.99. The Morgan fingerprint density at radius 1 is 1.25 bits per heavy atom. The van der Waals surface area contributed by atoms with Crippen LogP contribution in [-0.2, 0) is 4.79 Å². The summed E-state index contributed by atoms with van der Waals surface area (Å²) in [4.78, 5) is 14.3. The van der Waals surface area contributed by atoms with E-state index in [-0.39, 0.29) is 5.91 Å². The minimum absolute atomic E-state index is 0.108. The Morgan fingerprint density at radius 2 is 1.90 bits per heavy atom. The fourth-order valence-electron chi connectivity index (χ4n) is 2.83. The van der Waals surface area contributed by atoms with Crippen LogP contribution in [0.3, 0.4) is 0 Å². The van der Waals surface area contributed by atoms with Gasteiger partial charge in [-0.1, -0.05) is 30.3 Å². The summed E-state index contributed by atoms with van der Waals surface area (Å²) < 4.78 is 0. The van der Waals surface area contributed by atoms with E-state index in [0.29, 0.717) is 12.1 Å². The summed E-state index contributed by atoms with van der Waals surface area (Å²) in [6, 6.07) is 10.6. The van der Waals surface area contributed by atoms with Crippen LogP contribution in [0.4, 0.5) is 0 Å². The van der Waals surface area contributed by atoms with Crippen molar-refractivity contribution in [3.63, 3.8) is 0 Å². The average Bonchev–Trinajstić information content (AvgIpc) is 2.49. The van der Waals surface area contributed by atoms with E-state index in [0.717, 1.165) is 37.8 Å². The molecule has 108 valence electrons. The Labute approximate surface area is 121 Å². The molecule has 1 aliphatic rings. The van der Waals surface area contributed by atoms with Gasteiger partial charge in [-0.2, -0.15) is 0 Å². The summed E-state index contributed by atoms with van der Waals surface area (Å²) >= 11 is 0. The lowest BCUT2D eigenvalue weighted by molar-refractivity contribution is -0.128. The molecular formula is C17H24N2O. The molecule has 20 heavy (non-hydrogen) atoms. The van der Waals surface area contributed by atoms with Crippen LogP contribution in [-0.4, -0.2) is 29.4 Å². The van der Waals surface area contributed by atoms with E-state index >= 15 is 0 Å². The Hall–Kier alpha value is -1.61. The number of carbonyl (C=O) groups is 1. The standard InChI is InChI=1S/C17H24N2O/c1-2-19(16-11-9-15(18)10-12-16)17(20)13-8-14-6-4-3-5-7-14/h3-8,13,15-16H,2,9-12,18H2,1H3. The zero-order valence-electron chi connectivity index (χ0n) is 12.2. The van der Waals surface area contributed by atoms with Crippen LogP contribution in [0.2, 0.25) is 0 Å². The summed E-state index contributed by atoms with van der Waals surface area (Å²) in [6.07, 6.45) is 7.68. The van der Waals surface area contributed by atoms with E-state index in [9.17, 15) is 4.79 Å². The van der Waals surface area contributed by atoms with E-state index in [1.807, 2.05) is 48.2 Å². The average molecular weight is 272 g/mol. The summed E-state index contributed by atoms with van der Waals surface area (Å²) in [5, 5.41) is 0. The second-order valence-corrected chi connectivity index (χ2v) is 5.44. The van der Waals surface area contributed by atoms with Gasteiger partial charge in [0, 0.05) is 24.7 Å². The Bertz CT molecular complexity index is 447. The molecule has 0 heterocycles. The molecule has 1 aromatic carbocycles. The van der Waals surface area contributed by atoms with Crippen molar-refractivity contribution in [2.45, 2.75) is 44.7 Å². The molecule has 0 spiro atoms. The van der Waals surface area contributed by atoms with E-state index in [2.05, 4.69) is 0 Å². The molecule has 1 amide bonds. The maximum atomic E-state index is 12.3. The number of carbonyl (C=O) groups excluding carboxylic acids is 1. The van der Waals surface area contributed by atoms with Crippen molar-refractivity contribution in [3.8, 4) is 0 Å². The first-order valence-corrected chi connectivity index (χ1v) is 7.50.